The van der Waals surface area contributed by atoms with Crippen molar-refractivity contribution in [3.05, 3.63) is 101 Å². The molecule has 0 aromatic heterocycles. The molecular formula is C23H19ClN2O4S. The first-order valence-corrected chi connectivity index (χ1v) is 11.4. The topological polar surface area (TPSA) is 110 Å². The largest absolute Gasteiger partial charge is 0.478 e. The highest BCUT2D eigenvalue weighted by atomic mass is 35.5. The molecule has 0 spiro atoms. The van der Waals surface area contributed by atoms with Crippen molar-refractivity contribution in [3.8, 4) is 0 Å². The van der Waals surface area contributed by atoms with Gasteiger partial charge in [0, 0.05) is 22.5 Å². The normalized spacial score (nSPS) is 12.6. The fourth-order valence-corrected chi connectivity index (χ4v) is 3.50. The van der Waals surface area contributed by atoms with E-state index in [9.17, 15) is 13.2 Å². The van der Waals surface area contributed by atoms with Crippen LogP contribution in [0.5, 0.6) is 0 Å². The van der Waals surface area contributed by atoms with E-state index in [0.29, 0.717) is 27.7 Å². The third kappa shape index (κ3) is 5.81. The van der Waals surface area contributed by atoms with Gasteiger partial charge in [-0.1, -0.05) is 35.9 Å². The average molecular weight is 455 g/mol. The molecular weight excluding hydrogens is 436 g/mol. The van der Waals surface area contributed by atoms with E-state index in [1.54, 1.807) is 54.6 Å². The van der Waals surface area contributed by atoms with Crippen LogP contribution in [0.1, 0.15) is 21.5 Å². The molecule has 0 heterocycles. The monoisotopic (exact) mass is 454 g/mol. The minimum absolute atomic E-state index is 0.148. The van der Waals surface area contributed by atoms with E-state index in [-0.39, 0.29) is 10.5 Å². The van der Waals surface area contributed by atoms with Crippen LogP contribution in [0, 0.1) is 0 Å². The highest BCUT2D eigenvalue weighted by Crippen LogP contribution is 2.21. The predicted molar refractivity (Wildman–Crippen MR) is 123 cm³/mol. The molecule has 0 aliphatic heterocycles. The maximum atomic E-state index is 11.7. The number of hydrogen-bond donors (Lipinski definition) is 2. The molecule has 3 aromatic rings. The number of aliphatic imine (C=N–C) groups is 1. The first kappa shape index (κ1) is 22.3. The Morgan fingerprint density at radius 3 is 1.94 bits per heavy atom. The number of benzene rings is 3. The van der Waals surface area contributed by atoms with Gasteiger partial charge in [-0.15, -0.1) is 0 Å². The summed E-state index contributed by atoms with van der Waals surface area (Å²) in [6.07, 6.45) is 2.81. The third-order valence-corrected chi connectivity index (χ3v) is 5.79. The van der Waals surface area contributed by atoms with Crippen molar-refractivity contribution in [1.82, 2.24) is 0 Å². The number of carboxylic acid groups (broad SMARTS) is 1. The van der Waals surface area contributed by atoms with Gasteiger partial charge in [-0.2, -0.15) is 0 Å². The lowest BCUT2D eigenvalue weighted by Crippen LogP contribution is -2.04. The number of aromatic carboxylic acids is 1. The van der Waals surface area contributed by atoms with E-state index < -0.39 is 15.8 Å². The molecule has 0 saturated heterocycles. The van der Waals surface area contributed by atoms with E-state index in [1.807, 2.05) is 0 Å². The summed E-state index contributed by atoms with van der Waals surface area (Å²) < 4.78 is 23.4. The van der Waals surface area contributed by atoms with Crippen LogP contribution < -0.4 is 5.73 Å². The minimum Gasteiger partial charge on any atom is -0.478 e. The van der Waals surface area contributed by atoms with Gasteiger partial charge in [0.1, 0.15) is 0 Å². The lowest BCUT2D eigenvalue weighted by molar-refractivity contribution is 0.0697. The molecule has 0 aliphatic carbocycles. The van der Waals surface area contributed by atoms with Crippen LogP contribution in [0.4, 0.5) is 5.69 Å². The van der Waals surface area contributed by atoms with Gasteiger partial charge in [-0.05, 0) is 60.2 Å². The second kappa shape index (κ2) is 9.16. The summed E-state index contributed by atoms with van der Waals surface area (Å²) in [6, 6.07) is 19.4. The molecule has 0 aliphatic rings. The number of carbonyl (C=O) groups is 1. The predicted octanol–water partition coefficient (Wildman–Crippen LogP) is 4.56. The zero-order valence-electron chi connectivity index (χ0n) is 16.5. The van der Waals surface area contributed by atoms with E-state index >= 15 is 0 Å². The van der Waals surface area contributed by atoms with Gasteiger partial charge < -0.3 is 10.8 Å². The van der Waals surface area contributed by atoms with Gasteiger partial charge in [-0.3, -0.25) is 0 Å². The van der Waals surface area contributed by atoms with Crippen molar-refractivity contribution in [2.24, 2.45) is 10.7 Å². The fraction of sp³-hybridized carbons (Fsp3) is 0.0435. The number of rotatable bonds is 6. The Hall–Kier alpha value is -3.42. The number of nitrogens with two attached hydrogens (primary N) is 1. The van der Waals surface area contributed by atoms with Crippen molar-refractivity contribution in [1.29, 1.82) is 0 Å². The van der Waals surface area contributed by atoms with Crippen molar-refractivity contribution in [2.75, 3.05) is 6.26 Å². The Bertz CT molecular complexity index is 1260. The van der Waals surface area contributed by atoms with Crippen LogP contribution in [-0.2, 0) is 9.84 Å². The smallest absolute Gasteiger partial charge is 0.335 e. The summed E-state index contributed by atoms with van der Waals surface area (Å²) in [7, 11) is -3.32. The Morgan fingerprint density at radius 2 is 1.42 bits per heavy atom. The van der Waals surface area contributed by atoms with E-state index in [2.05, 4.69) is 4.99 Å². The molecule has 158 valence electrons. The zero-order valence-corrected chi connectivity index (χ0v) is 18.1. The molecule has 0 saturated carbocycles. The molecule has 0 unspecified atom stereocenters. The maximum absolute atomic E-state index is 11.7. The van der Waals surface area contributed by atoms with Crippen LogP contribution in [0.2, 0.25) is 5.02 Å². The van der Waals surface area contributed by atoms with Crippen LogP contribution in [0.3, 0.4) is 0 Å². The second-order valence-electron chi connectivity index (χ2n) is 6.75. The molecule has 0 amide bonds. The number of hydrogen-bond acceptors (Lipinski definition) is 5. The molecule has 31 heavy (non-hydrogen) atoms. The van der Waals surface area contributed by atoms with Crippen LogP contribution in [0.15, 0.2) is 88.8 Å². The molecule has 0 radical (unpaired) electrons. The Morgan fingerprint density at radius 1 is 0.903 bits per heavy atom. The first-order chi connectivity index (χ1) is 14.6. The van der Waals surface area contributed by atoms with Gasteiger partial charge in [0.2, 0.25) is 0 Å². The number of halogens is 1. The highest BCUT2D eigenvalue weighted by molar-refractivity contribution is 7.90. The number of nitrogens with zero attached hydrogens (tertiary/aromatic N) is 1. The summed E-state index contributed by atoms with van der Waals surface area (Å²) in [5.74, 6) is -1.03. The lowest BCUT2D eigenvalue weighted by Gasteiger charge is -2.07. The minimum atomic E-state index is -3.32. The van der Waals surface area contributed by atoms with Gasteiger partial charge in [0.25, 0.3) is 0 Å². The molecule has 0 bridgehead atoms. The zero-order chi connectivity index (χ0) is 22.6. The third-order valence-electron chi connectivity index (χ3n) is 4.41. The van der Waals surface area contributed by atoms with Crippen molar-refractivity contribution in [3.63, 3.8) is 0 Å². The van der Waals surface area contributed by atoms with Crippen LogP contribution in [-0.4, -0.2) is 31.5 Å². The Balaban J connectivity index is 2.07. The summed E-state index contributed by atoms with van der Waals surface area (Å²) >= 11 is 5.94. The van der Waals surface area contributed by atoms with E-state index in [4.69, 9.17) is 22.4 Å². The Labute approximate surface area is 185 Å². The van der Waals surface area contributed by atoms with Gasteiger partial charge >= 0.3 is 5.97 Å². The van der Waals surface area contributed by atoms with E-state index in [1.165, 1.54) is 24.3 Å². The first-order valence-electron chi connectivity index (χ1n) is 9.09. The average Bonchev–Trinajstić information content (AvgIpc) is 2.73. The molecule has 0 atom stereocenters. The number of sulfone groups is 1. The second-order valence-corrected chi connectivity index (χ2v) is 9.20. The molecule has 6 nitrogen and oxygen atoms in total. The lowest BCUT2D eigenvalue weighted by atomic mass is 10.0. The highest BCUT2D eigenvalue weighted by Gasteiger charge is 2.09. The summed E-state index contributed by atoms with van der Waals surface area (Å²) in [5.41, 5.74) is 9.23. The molecule has 8 heteroatoms. The Kier molecular flexibility index (Phi) is 6.58. The van der Waals surface area contributed by atoms with Gasteiger partial charge in [-0.25, -0.2) is 18.2 Å². The van der Waals surface area contributed by atoms with Crippen molar-refractivity contribution < 1.29 is 18.3 Å². The summed E-state index contributed by atoms with van der Waals surface area (Å²) in [5, 5.41) is 9.72. The van der Waals surface area contributed by atoms with Crippen LogP contribution >= 0.6 is 11.6 Å². The standard InChI is InChI=1S/C23H19ClN2O4S/c1-31(29,30)20-12-10-19(11-13-20)26-22(16-2-4-17(5-3-16)23(27)28)14-21(25)15-6-8-18(24)9-7-15/h2-14H,25H2,1H3,(H,27,28)/b21-14-,26-22?. The summed E-state index contributed by atoms with van der Waals surface area (Å²) in [6.45, 7) is 0. The van der Waals surface area contributed by atoms with Crippen LogP contribution in [0.25, 0.3) is 5.70 Å². The van der Waals surface area contributed by atoms with Crippen molar-refractivity contribution in [2.45, 2.75) is 4.90 Å². The molecule has 0 fully saturated rings. The SMILES string of the molecule is CS(=O)(=O)c1ccc(N=C(/C=C(\N)c2ccc(Cl)cc2)c2ccc(C(=O)O)cc2)cc1. The maximum Gasteiger partial charge on any atom is 0.335 e. The summed E-state index contributed by atoms with van der Waals surface area (Å²) in [4.78, 5) is 15.9. The number of carboxylic acids is 1. The van der Waals surface area contributed by atoms with Gasteiger partial charge in [0.15, 0.2) is 9.84 Å². The fourth-order valence-electron chi connectivity index (χ4n) is 2.74. The quantitative estimate of drug-likeness (QED) is 0.530. The van der Waals surface area contributed by atoms with Crippen molar-refractivity contribution >= 4 is 44.5 Å². The van der Waals surface area contributed by atoms with E-state index in [0.717, 1.165) is 11.8 Å². The van der Waals surface area contributed by atoms with Gasteiger partial charge in [0.05, 0.1) is 21.9 Å². The number of allylic oxidation sites excluding steroid dienone is 1. The molecule has 3 aromatic carbocycles. The molecule has 3 rings (SSSR count). The molecule has 3 N–H and O–H groups in total.